The standard InChI is InChI=1S/C19H24N2O2/c1-14-8-10-17(11-9-14)18(16-6-4-3-5-7-16)21-19(23)20-13-12-15(2)22/h3-11,15,18,22H,12-13H2,1-2H3,(H2,20,21,23). The van der Waals surface area contributed by atoms with Gasteiger partial charge in [-0.1, -0.05) is 60.2 Å². The number of hydrogen-bond acceptors (Lipinski definition) is 2. The lowest BCUT2D eigenvalue weighted by molar-refractivity contribution is 0.183. The van der Waals surface area contributed by atoms with E-state index in [1.54, 1.807) is 6.92 Å². The largest absolute Gasteiger partial charge is 0.393 e. The summed E-state index contributed by atoms with van der Waals surface area (Å²) in [5.41, 5.74) is 3.25. The quantitative estimate of drug-likeness (QED) is 0.767. The van der Waals surface area contributed by atoms with Crippen LogP contribution in [0.3, 0.4) is 0 Å². The number of hydrogen-bond donors (Lipinski definition) is 3. The molecule has 0 saturated heterocycles. The minimum absolute atomic E-state index is 0.205. The van der Waals surface area contributed by atoms with E-state index in [9.17, 15) is 9.90 Å². The van der Waals surface area contributed by atoms with Crippen molar-refractivity contribution in [2.75, 3.05) is 6.54 Å². The van der Waals surface area contributed by atoms with Crippen LogP contribution in [0.2, 0.25) is 0 Å². The van der Waals surface area contributed by atoms with Crippen molar-refractivity contribution >= 4 is 6.03 Å². The van der Waals surface area contributed by atoms with Crippen LogP contribution in [0.25, 0.3) is 0 Å². The van der Waals surface area contributed by atoms with Gasteiger partial charge in [0.05, 0.1) is 12.1 Å². The van der Waals surface area contributed by atoms with E-state index in [4.69, 9.17) is 0 Å². The van der Waals surface area contributed by atoms with Gasteiger partial charge < -0.3 is 15.7 Å². The number of benzene rings is 2. The zero-order chi connectivity index (χ0) is 16.7. The van der Waals surface area contributed by atoms with Crippen LogP contribution in [0.1, 0.15) is 36.1 Å². The molecule has 2 amide bonds. The number of aryl methyl sites for hydroxylation is 1. The van der Waals surface area contributed by atoms with Crippen LogP contribution >= 0.6 is 0 Å². The summed E-state index contributed by atoms with van der Waals surface area (Å²) >= 11 is 0. The summed E-state index contributed by atoms with van der Waals surface area (Å²) < 4.78 is 0. The second kappa shape index (κ2) is 8.34. The number of rotatable bonds is 6. The first-order valence-electron chi connectivity index (χ1n) is 7.90. The molecule has 2 aromatic rings. The molecule has 0 fully saturated rings. The normalized spacial score (nSPS) is 13.2. The predicted molar refractivity (Wildman–Crippen MR) is 92.3 cm³/mol. The van der Waals surface area contributed by atoms with E-state index in [-0.39, 0.29) is 12.1 Å². The second-order valence-electron chi connectivity index (χ2n) is 5.79. The van der Waals surface area contributed by atoms with E-state index in [1.165, 1.54) is 5.56 Å². The number of urea groups is 1. The number of aliphatic hydroxyl groups excluding tert-OH is 1. The Balaban J connectivity index is 2.11. The Bertz CT molecular complexity index is 609. The first-order chi connectivity index (χ1) is 11.1. The molecule has 4 heteroatoms. The van der Waals surface area contributed by atoms with Gasteiger partial charge in [-0.2, -0.15) is 0 Å². The summed E-state index contributed by atoms with van der Waals surface area (Å²) in [6.07, 6.45) is 0.117. The molecular weight excluding hydrogens is 288 g/mol. The number of nitrogens with one attached hydrogen (secondary N) is 2. The summed E-state index contributed by atoms with van der Waals surface area (Å²) in [5.74, 6) is 0. The Morgan fingerprint density at radius 2 is 1.65 bits per heavy atom. The fourth-order valence-electron chi connectivity index (χ4n) is 2.34. The van der Waals surface area contributed by atoms with Gasteiger partial charge in [-0.05, 0) is 31.4 Å². The fourth-order valence-corrected chi connectivity index (χ4v) is 2.34. The summed E-state index contributed by atoms with van der Waals surface area (Å²) in [5, 5.41) is 15.1. The molecular formula is C19H24N2O2. The molecule has 2 aromatic carbocycles. The molecule has 0 aliphatic rings. The van der Waals surface area contributed by atoms with Crippen LogP contribution in [0.5, 0.6) is 0 Å². The molecule has 0 saturated carbocycles. The molecule has 23 heavy (non-hydrogen) atoms. The van der Waals surface area contributed by atoms with Crippen molar-refractivity contribution in [1.29, 1.82) is 0 Å². The van der Waals surface area contributed by atoms with Crippen molar-refractivity contribution in [3.63, 3.8) is 0 Å². The highest BCUT2D eigenvalue weighted by molar-refractivity contribution is 5.75. The monoisotopic (exact) mass is 312 g/mol. The van der Waals surface area contributed by atoms with Crippen molar-refractivity contribution in [2.24, 2.45) is 0 Å². The van der Waals surface area contributed by atoms with Gasteiger partial charge in [0.25, 0.3) is 0 Å². The summed E-state index contributed by atoms with van der Waals surface area (Å²) in [4.78, 5) is 12.1. The first kappa shape index (κ1) is 17.0. The fraction of sp³-hybridized carbons (Fsp3) is 0.316. The summed E-state index contributed by atoms with van der Waals surface area (Å²) in [6.45, 7) is 4.19. The van der Waals surface area contributed by atoms with Gasteiger partial charge in [0, 0.05) is 6.54 Å². The third-order valence-electron chi connectivity index (χ3n) is 3.67. The van der Waals surface area contributed by atoms with Gasteiger partial charge in [0.1, 0.15) is 0 Å². The van der Waals surface area contributed by atoms with Crippen molar-refractivity contribution in [1.82, 2.24) is 10.6 Å². The van der Waals surface area contributed by atoms with Crippen LogP contribution < -0.4 is 10.6 Å². The summed E-state index contributed by atoms with van der Waals surface area (Å²) in [7, 11) is 0. The van der Waals surface area contributed by atoms with Crippen LogP contribution in [-0.4, -0.2) is 23.8 Å². The highest BCUT2D eigenvalue weighted by Gasteiger charge is 2.16. The van der Waals surface area contributed by atoms with E-state index in [0.717, 1.165) is 11.1 Å². The van der Waals surface area contributed by atoms with Gasteiger partial charge >= 0.3 is 6.03 Å². The van der Waals surface area contributed by atoms with Crippen molar-refractivity contribution in [3.8, 4) is 0 Å². The van der Waals surface area contributed by atoms with Crippen LogP contribution in [0, 0.1) is 6.92 Å². The second-order valence-corrected chi connectivity index (χ2v) is 5.79. The molecule has 0 radical (unpaired) electrons. The maximum atomic E-state index is 12.1. The Hall–Kier alpha value is -2.33. The van der Waals surface area contributed by atoms with Gasteiger partial charge in [-0.15, -0.1) is 0 Å². The van der Waals surface area contributed by atoms with Crippen LogP contribution in [0.15, 0.2) is 54.6 Å². The molecule has 3 N–H and O–H groups in total. The maximum absolute atomic E-state index is 12.1. The first-order valence-corrected chi connectivity index (χ1v) is 7.90. The van der Waals surface area contributed by atoms with E-state index in [0.29, 0.717) is 13.0 Å². The Morgan fingerprint density at radius 1 is 1.04 bits per heavy atom. The van der Waals surface area contributed by atoms with E-state index >= 15 is 0 Å². The van der Waals surface area contributed by atoms with Crippen molar-refractivity contribution in [3.05, 3.63) is 71.3 Å². The molecule has 2 rings (SSSR count). The molecule has 0 aliphatic carbocycles. The lowest BCUT2D eigenvalue weighted by Gasteiger charge is -2.20. The van der Waals surface area contributed by atoms with E-state index < -0.39 is 6.10 Å². The SMILES string of the molecule is Cc1ccc(C(NC(=O)NCCC(C)O)c2ccccc2)cc1. The van der Waals surface area contributed by atoms with Crippen LogP contribution in [0.4, 0.5) is 4.79 Å². The lowest BCUT2D eigenvalue weighted by Crippen LogP contribution is -2.39. The highest BCUT2D eigenvalue weighted by Crippen LogP contribution is 2.22. The minimum Gasteiger partial charge on any atom is -0.393 e. The van der Waals surface area contributed by atoms with Gasteiger partial charge in [-0.3, -0.25) is 0 Å². The molecule has 0 spiro atoms. The molecule has 4 nitrogen and oxygen atoms in total. The summed E-state index contributed by atoms with van der Waals surface area (Å²) in [6, 6.07) is 17.6. The van der Waals surface area contributed by atoms with Crippen molar-refractivity contribution < 1.29 is 9.90 Å². The van der Waals surface area contributed by atoms with Gasteiger partial charge in [-0.25, -0.2) is 4.79 Å². The van der Waals surface area contributed by atoms with E-state index in [2.05, 4.69) is 10.6 Å². The molecule has 0 aromatic heterocycles. The zero-order valence-corrected chi connectivity index (χ0v) is 13.6. The molecule has 122 valence electrons. The molecule has 0 aliphatic heterocycles. The van der Waals surface area contributed by atoms with Crippen LogP contribution in [-0.2, 0) is 0 Å². The average Bonchev–Trinajstić information content (AvgIpc) is 2.54. The lowest BCUT2D eigenvalue weighted by atomic mass is 9.98. The maximum Gasteiger partial charge on any atom is 0.315 e. The third-order valence-corrected chi connectivity index (χ3v) is 3.67. The smallest absolute Gasteiger partial charge is 0.315 e. The number of carbonyl (C=O) groups excluding carboxylic acids is 1. The molecule has 2 atom stereocenters. The Kier molecular flexibility index (Phi) is 6.18. The molecule has 2 unspecified atom stereocenters. The third kappa shape index (κ3) is 5.42. The van der Waals surface area contributed by atoms with Gasteiger partial charge in [0.15, 0.2) is 0 Å². The highest BCUT2D eigenvalue weighted by atomic mass is 16.3. The number of amides is 2. The average molecular weight is 312 g/mol. The number of carbonyl (C=O) groups is 1. The Morgan fingerprint density at radius 3 is 2.26 bits per heavy atom. The predicted octanol–water partition coefficient (Wildman–Crippen LogP) is 3.15. The van der Waals surface area contributed by atoms with Gasteiger partial charge in [0.2, 0.25) is 0 Å². The zero-order valence-electron chi connectivity index (χ0n) is 13.6. The molecule has 0 heterocycles. The minimum atomic E-state index is -0.419. The van der Waals surface area contributed by atoms with Crippen molar-refractivity contribution in [2.45, 2.75) is 32.4 Å². The topological polar surface area (TPSA) is 61.4 Å². The van der Waals surface area contributed by atoms with E-state index in [1.807, 2.05) is 61.5 Å². The molecule has 0 bridgehead atoms. The Labute approximate surface area is 137 Å². The number of aliphatic hydroxyl groups is 1.